The second kappa shape index (κ2) is 6.58. The van der Waals surface area contributed by atoms with E-state index in [1.807, 2.05) is 0 Å². The van der Waals surface area contributed by atoms with Crippen LogP contribution in [0.25, 0.3) is 11.1 Å². The standard InChI is InChI=1S/C21H23FN4O2/c1-12-6-5-7-14(17(12)22)10-26(4)20(27)15-13(2)28-19-16(15)18(23-11-24-19)25-21(3)8-9-21/h5-7,11H,8-10H2,1-4H3,(H,23,24,25). The number of benzene rings is 1. The first-order valence-electron chi connectivity index (χ1n) is 9.31. The van der Waals surface area contributed by atoms with E-state index in [0.29, 0.717) is 39.4 Å². The number of nitrogens with one attached hydrogen (secondary N) is 1. The summed E-state index contributed by atoms with van der Waals surface area (Å²) in [5.74, 6) is 0.528. The van der Waals surface area contributed by atoms with Gasteiger partial charge in [0.1, 0.15) is 23.7 Å². The minimum atomic E-state index is -0.289. The van der Waals surface area contributed by atoms with Crippen LogP contribution in [-0.4, -0.2) is 33.4 Å². The Morgan fingerprint density at radius 1 is 1.32 bits per heavy atom. The molecule has 0 unspecified atom stereocenters. The van der Waals surface area contributed by atoms with Crippen LogP contribution in [0.3, 0.4) is 0 Å². The normalized spacial score (nSPS) is 14.9. The molecule has 0 aliphatic heterocycles. The molecule has 1 aromatic carbocycles. The lowest BCUT2D eigenvalue weighted by Gasteiger charge is -2.19. The van der Waals surface area contributed by atoms with Crippen LogP contribution in [0.1, 0.15) is 47.0 Å². The third-order valence-corrected chi connectivity index (χ3v) is 5.32. The molecule has 1 saturated carbocycles. The van der Waals surface area contributed by atoms with Gasteiger partial charge in [-0.2, -0.15) is 0 Å². The Bertz CT molecular complexity index is 1070. The molecule has 2 heterocycles. The zero-order valence-corrected chi connectivity index (χ0v) is 16.5. The van der Waals surface area contributed by atoms with Crippen molar-refractivity contribution in [3.05, 3.63) is 52.8 Å². The molecule has 146 valence electrons. The van der Waals surface area contributed by atoms with Crippen molar-refractivity contribution in [2.75, 3.05) is 12.4 Å². The van der Waals surface area contributed by atoms with Crippen LogP contribution in [0.5, 0.6) is 0 Å². The minimum Gasteiger partial charge on any atom is -0.442 e. The highest BCUT2D eigenvalue weighted by Crippen LogP contribution is 2.40. The Labute approximate surface area is 162 Å². The molecule has 0 bridgehead atoms. The molecule has 0 radical (unpaired) electrons. The van der Waals surface area contributed by atoms with E-state index in [1.165, 1.54) is 11.2 Å². The monoisotopic (exact) mass is 382 g/mol. The summed E-state index contributed by atoms with van der Waals surface area (Å²) in [5.41, 5.74) is 1.81. The van der Waals surface area contributed by atoms with Crippen LogP contribution in [0.4, 0.5) is 10.2 Å². The lowest BCUT2D eigenvalue weighted by atomic mass is 10.1. The molecular formula is C21H23FN4O2. The first kappa shape index (κ1) is 18.4. The molecule has 1 aliphatic carbocycles. The summed E-state index contributed by atoms with van der Waals surface area (Å²) >= 11 is 0. The predicted molar refractivity (Wildman–Crippen MR) is 105 cm³/mol. The van der Waals surface area contributed by atoms with E-state index in [0.717, 1.165) is 12.8 Å². The van der Waals surface area contributed by atoms with Gasteiger partial charge >= 0.3 is 0 Å². The summed E-state index contributed by atoms with van der Waals surface area (Å²) in [6, 6.07) is 5.19. The fourth-order valence-electron chi connectivity index (χ4n) is 3.34. The second-order valence-electron chi connectivity index (χ2n) is 7.83. The SMILES string of the molecule is Cc1cccc(CN(C)C(=O)c2c(C)oc3ncnc(NC4(C)CC4)c23)c1F. The van der Waals surface area contributed by atoms with Crippen molar-refractivity contribution >= 4 is 22.8 Å². The maximum Gasteiger partial charge on any atom is 0.258 e. The Hall–Kier alpha value is -2.96. The first-order chi connectivity index (χ1) is 13.3. The fourth-order valence-corrected chi connectivity index (χ4v) is 3.34. The van der Waals surface area contributed by atoms with E-state index in [2.05, 4.69) is 22.2 Å². The van der Waals surface area contributed by atoms with Crippen molar-refractivity contribution in [2.24, 2.45) is 0 Å². The highest BCUT2D eigenvalue weighted by atomic mass is 19.1. The second-order valence-corrected chi connectivity index (χ2v) is 7.83. The van der Waals surface area contributed by atoms with Crippen LogP contribution in [0.2, 0.25) is 0 Å². The van der Waals surface area contributed by atoms with Crippen molar-refractivity contribution in [1.29, 1.82) is 0 Å². The number of hydrogen-bond acceptors (Lipinski definition) is 5. The third-order valence-electron chi connectivity index (χ3n) is 5.32. The van der Waals surface area contributed by atoms with E-state index in [9.17, 15) is 9.18 Å². The molecule has 1 N–H and O–H groups in total. The van der Waals surface area contributed by atoms with Crippen LogP contribution in [0, 0.1) is 19.7 Å². The molecule has 7 heteroatoms. The van der Waals surface area contributed by atoms with Crippen molar-refractivity contribution < 1.29 is 13.6 Å². The van der Waals surface area contributed by atoms with Gasteiger partial charge in [-0.3, -0.25) is 4.79 Å². The number of aryl methyl sites for hydroxylation is 2. The average Bonchev–Trinajstić information content (AvgIpc) is 3.27. The van der Waals surface area contributed by atoms with E-state index in [1.54, 1.807) is 39.1 Å². The van der Waals surface area contributed by atoms with Crippen molar-refractivity contribution in [1.82, 2.24) is 14.9 Å². The lowest BCUT2D eigenvalue weighted by molar-refractivity contribution is 0.0783. The van der Waals surface area contributed by atoms with Crippen LogP contribution in [-0.2, 0) is 6.54 Å². The number of furan rings is 1. The zero-order valence-electron chi connectivity index (χ0n) is 16.5. The molecular weight excluding hydrogens is 359 g/mol. The van der Waals surface area contributed by atoms with E-state index >= 15 is 0 Å². The third kappa shape index (κ3) is 3.21. The largest absolute Gasteiger partial charge is 0.442 e. The molecule has 1 amide bonds. The molecule has 3 aromatic rings. The summed E-state index contributed by atoms with van der Waals surface area (Å²) in [6.07, 6.45) is 3.52. The molecule has 0 spiro atoms. The maximum absolute atomic E-state index is 14.4. The Morgan fingerprint density at radius 2 is 2.07 bits per heavy atom. The van der Waals surface area contributed by atoms with E-state index < -0.39 is 0 Å². The van der Waals surface area contributed by atoms with Gasteiger partial charge in [0.15, 0.2) is 0 Å². The number of hydrogen-bond donors (Lipinski definition) is 1. The van der Waals surface area contributed by atoms with Gasteiger partial charge in [0.2, 0.25) is 5.71 Å². The smallest absolute Gasteiger partial charge is 0.258 e. The van der Waals surface area contributed by atoms with Gasteiger partial charge in [0.05, 0.1) is 10.9 Å². The van der Waals surface area contributed by atoms with Gasteiger partial charge in [-0.15, -0.1) is 0 Å². The fraction of sp³-hybridized carbons (Fsp3) is 0.381. The molecule has 0 atom stereocenters. The summed E-state index contributed by atoms with van der Waals surface area (Å²) in [4.78, 5) is 23.2. The topological polar surface area (TPSA) is 71.3 Å². The summed E-state index contributed by atoms with van der Waals surface area (Å²) in [5, 5.41) is 3.99. The van der Waals surface area contributed by atoms with Gasteiger partial charge in [-0.1, -0.05) is 18.2 Å². The van der Waals surface area contributed by atoms with Gasteiger partial charge in [0, 0.05) is 24.7 Å². The number of rotatable bonds is 5. The number of fused-ring (bicyclic) bond motifs is 1. The predicted octanol–water partition coefficient (Wildman–Crippen LogP) is 4.22. The first-order valence-corrected chi connectivity index (χ1v) is 9.31. The molecule has 1 aliphatic rings. The van der Waals surface area contributed by atoms with Gasteiger partial charge in [-0.05, 0) is 39.2 Å². The van der Waals surface area contributed by atoms with Gasteiger partial charge in [0.25, 0.3) is 5.91 Å². The molecule has 4 rings (SSSR count). The Balaban J connectivity index is 1.70. The maximum atomic E-state index is 14.4. The quantitative estimate of drug-likeness (QED) is 0.716. The molecule has 1 fully saturated rings. The number of halogens is 1. The number of nitrogens with zero attached hydrogens (tertiary/aromatic N) is 3. The highest BCUT2D eigenvalue weighted by Gasteiger charge is 2.38. The van der Waals surface area contributed by atoms with Crippen LogP contribution < -0.4 is 5.32 Å². The number of carbonyl (C=O) groups excluding carboxylic acids is 1. The molecule has 6 nitrogen and oxygen atoms in total. The minimum absolute atomic E-state index is 0.0105. The number of aromatic nitrogens is 2. The summed E-state index contributed by atoms with van der Waals surface area (Å²) in [6.45, 7) is 5.72. The zero-order chi connectivity index (χ0) is 20.1. The summed E-state index contributed by atoms with van der Waals surface area (Å²) in [7, 11) is 1.65. The number of carbonyl (C=O) groups is 1. The highest BCUT2D eigenvalue weighted by molar-refractivity contribution is 6.10. The van der Waals surface area contributed by atoms with Crippen molar-refractivity contribution in [3.63, 3.8) is 0 Å². The number of amides is 1. The molecule has 0 saturated heterocycles. The van der Waals surface area contributed by atoms with E-state index in [4.69, 9.17) is 4.42 Å². The van der Waals surface area contributed by atoms with Crippen molar-refractivity contribution in [2.45, 2.75) is 45.7 Å². The van der Waals surface area contributed by atoms with Gasteiger partial charge < -0.3 is 14.6 Å². The number of anilines is 1. The van der Waals surface area contributed by atoms with Crippen molar-refractivity contribution in [3.8, 4) is 0 Å². The molecule has 28 heavy (non-hydrogen) atoms. The van der Waals surface area contributed by atoms with Crippen LogP contribution in [0.15, 0.2) is 28.9 Å². The molecule has 2 aromatic heterocycles. The van der Waals surface area contributed by atoms with Gasteiger partial charge in [-0.25, -0.2) is 14.4 Å². The Kier molecular flexibility index (Phi) is 4.33. The Morgan fingerprint density at radius 3 is 2.79 bits per heavy atom. The lowest BCUT2D eigenvalue weighted by Crippen LogP contribution is -2.27. The van der Waals surface area contributed by atoms with Crippen LogP contribution >= 0.6 is 0 Å². The van der Waals surface area contributed by atoms with E-state index in [-0.39, 0.29) is 23.8 Å². The summed E-state index contributed by atoms with van der Waals surface area (Å²) < 4.78 is 20.1. The average molecular weight is 382 g/mol.